The van der Waals surface area contributed by atoms with Crippen LogP contribution in [0.4, 0.5) is 16.2 Å². The lowest BCUT2D eigenvalue weighted by Gasteiger charge is -2.24. The number of ether oxygens (including phenoxy) is 2. The van der Waals surface area contributed by atoms with Gasteiger partial charge in [-0.05, 0) is 67.9 Å². The normalized spacial score (nSPS) is 10.9. The summed E-state index contributed by atoms with van der Waals surface area (Å²) in [5.74, 6) is 0.321. The number of methoxy groups -OCH3 is 1. The van der Waals surface area contributed by atoms with E-state index in [4.69, 9.17) is 9.47 Å². The Kier molecular flexibility index (Phi) is 8.24. The third-order valence-electron chi connectivity index (χ3n) is 4.90. The zero-order valence-electron chi connectivity index (χ0n) is 19.1. The molecule has 3 rings (SSSR count). The number of urea groups is 1. The topological polar surface area (TPSA) is 67.9 Å². The van der Waals surface area contributed by atoms with Crippen molar-refractivity contribution in [3.8, 4) is 5.75 Å². The molecule has 0 aliphatic carbocycles. The Hall–Kier alpha value is -4.06. The van der Waals surface area contributed by atoms with E-state index in [1.54, 1.807) is 43.2 Å². The summed E-state index contributed by atoms with van der Waals surface area (Å²) in [4.78, 5) is 26.8. The number of amides is 2. The standard InChI is InChI=1S/C27H28N2O4/c1-4-33-26(30)22-10-12-23(13-11-22)28-27(31)29(24-14-16-25(32-3)17-15-24)19-20(2)18-21-8-6-5-7-9-21/h5-18H,4,19H2,1-3H3,(H,28,31)/b20-18+. The van der Waals surface area contributed by atoms with Crippen molar-refractivity contribution in [1.82, 2.24) is 0 Å². The molecule has 0 saturated carbocycles. The predicted octanol–water partition coefficient (Wildman–Crippen LogP) is 6.01. The van der Waals surface area contributed by atoms with E-state index >= 15 is 0 Å². The lowest BCUT2D eigenvalue weighted by atomic mass is 10.1. The molecule has 0 bridgehead atoms. The first-order chi connectivity index (χ1) is 16.0. The van der Waals surface area contributed by atoms with Crippen LogP contribution in [-0.4, -0.2) is 32.3 Å². The lowest BCUT2D eigenvalue weighted by Crippen LogP contribution is -2.36. The molecule has 0 aromatic heterocycles. The Bertz CT molecular complexity index is 1090. The van der Waals surface area contributed by atoms with Crippen molar-refractivity contribution in [2.45, 2.75) is 13.8 Å². The molecule has 0 heterocycles. The molecule has 170 valence electrons. The Balaban J connectivity index is 1.81. The van der Waals surface area contributed by atoms with E-state index in [1.807, 2.05) is 61.5 Å². The van der Waals surface area contributed by atoms with Gasteiger partial charge in [-0.3, -0.25) is 4.90 Å². The molecule has 0 fully saturated rings. The molecule has 0 spiro atoms. The Morgan fingerprint density at radius 2 is 1.61 bits per heavy atom. The lowest BCUT2D eigenvalue weighted by molar-refractivity contribution is 0.0526. The molecule has 6 heteroatoms. The number of rotatable bonds is 8. The fourth-order valence-corrected chi connectivity index (χ4v) is 3.27. The maximum Gasteiger partial charge on any atom is 0.338 e. The zero-order valence-corrected chi connectivity index (χ0v) is 19.1. The second-order valence-corrected chi connectivity index (χ2v) is 7.41. The van der Waals surface area contributed by atoms with Gasteiger partial charge in [-0.1, -0.05) is 42.0 Å². The minimum atomic E-state index is -0.392. The Morgan fingerprint density at radius 3 is 2.21 bits per heavy atom. The van der Waals surface area contributed by atoms with Gasteiger partial charge < -0.3 is 14.8 Å². The minimum Gasteiger partial charge on any atom is -0.497 e. The van der Waals surface area contributed by atoms with E-state index < -0.39 is 5.97 Å². The molecule has 0 saturated heterocycles. The summed E-state index contributed by atoms with van der Waals surface area (Å²) in [5.41, 5.74) is 3.83. The van der Waals surface area contributed by atoms with Crippen LogP contribution < -0.4 is 15.0 Å². The van der Waals surface area contributed by atoms with Gasteiger partial charge in [0.25, 0.3) is 0 Å². The van der Waals surface area contributed by atoms with Crippen molar-refractivity contribution < 1.29 is 19.1 Å². The molecule has 33 heavy (non-hydrogen) atoms. The van der Waals surface area contributed by atoms with Gasteiger partial charge in [-0.15, -0.1) is 0 Å². The second-order valence-electron chi connectivity index (χ2n) is 7.41. The highest BCUT2D eigenvalue weighted by Crippen LogP contribution is 2.22. The summed E-state index contributed by atoms with van der Waals surface area (Å²) in [6, 6.07) is 23.6. The third-order valence-corrected chi connectivity index (χ3v) is 4.90. The van der Waals surface area contributed by atoms with Crippen molar-refractivity contribution in [3.63, 3.8) is 0 Å². The van der Waals surface area contributed by atoms with Crippen molar-refractivity contribution in [2.24, 2.45) is 0 Å². The highest BCUT2D eigenvalue weighted by molar-refractivity contribution is 6.02. The SMILES string of the molecule is CCOC(=O)c1ccc(NC(=O)N(C/C(C)=C/c2ccccc2)c2ccc(OC)cc2)cc1. The molecular weight excluding hydrogens is 416 g/mol. The van der Waals surface area contributed by atoms with Crippen LogP contribution in [0.1, 0.15) is 29.8 Å². The predicted molar refractivity (Wildman–Crippen MR) is 132 cm³/mol. The molecule has 0 radical (unpaired) electrons. The number of hydrogen-bond donors (Lipinski definition) is 1. The molecular formula is C27H28N2O4. The minimum absolute atomic E-state index is 0.287. The third kappa shape index (κ3) is 6.71. The first-order valence-corrected chi connectivity index (χ1v) is 10.7. The summed E-state index contributed by atoms with van der Waals surface area (Å²) in [6.45, 7) is 4.46. The molecule has 2 amide bonds. The van der Waals surface area contributed by atoms with Crippen LogP contribution in [0.5, 0.6) is 5.75 Å². The van der Waals surface area contributed by atoms with E-state index in [-0.39, 0.29) is 6.03 Å². The van der Waals surface area contributed by atoms with E-state index in [9.17, 15) is 9.59 Å². The molecule has 0 aliphatic heterocycles. The Morgan fingerprint density at radius 1 is 0.939 bits per heavy atom. The average Bonchev–Trinajstić information content (AvgIpc) is 2.84. The number of carbonyl (C=O) groups excluding carboxylic acids is 2. The number of anilines is 2. The van der Waals surface area contributed by atoms with Gasteiger partial charge in [0.15, 0.2) is 0 Å². The van der Waals surface area contributed by atoms with Crippen LogP contribution in [0.25, 0.3) is 6.08 Å². The fraction of sp³-hybridized carbons (Fsp3) is 0.185. The maximum absolute atomic E-state index is 13.2. The average molecular weight is 445 g/mol. The molecule has 3 aromatic rings. The summed E-state index contributed by atoms with van der Waals surface area (Å²) in [7, 11) is 1.60. The van der Waals surface area contributed by atoms with Crippen LogP contribution in [0, 0.1) is 0 Å². The van der Waals surface area contributed by atoms with Crippen molar-refractivity contribution in [2.75, 3.05) is 30.5 Å². The molecule has 1 N–H and O–H groups in total. The molecule has 6 nitrogen and oxygen atoms in total. The first-order valence-electron chi connectivity index (χ1n) is 10.7. The van der Waals surface area contributed by atoms with Gasteiger partial charge >= 0.3 is 12.0 Å². The van der Waals surface area contributed by atoms with Gasteiger partial charge in [-0.25, -0.2) is 9.59 Å². The highest BCUT2D eigenvalue weighted by Gasteiger charge is 2.17. The van der Waals surface area contributed by atoms with Gasteiger partial charge in [0, 0.05) is 17.9 Å². The van der Waals surface area contributed by atoms with Crippen LogP contribution in [0.15, 0.2) is 84.4 Å². The monoisotopic (exact) mass is 444 g/mol. The number of hydrogen-bond acceptors (Lipinski definition) is 4. The number of benzene rings is 3. The van der Waals surface area contributed by atoms with Crippen LogP contribution in [-0.2, 0) is 4.74 Å². The maximum atomic E-state index is 13.2. The van der Waals surface area contributed by atoms with Gasteiger partial charge in [0.05, 0.1) is 19.3 Å². The molecule has 0 atom stereocenters. The highest BCUT2D eigenvalue weighted by atomic mass is 16.5. The van der Waals surface area contributed by atoms with Crippen molar-refractivity contribution >= 4 is 29.5 Å². The van der Waals surface area contributed by atoms with Crippen LogP contribution in [0.2, 0.25) is 0 Å². The number of nitrogens with one attached hydrogen (secondary N) is 1. The number of esters is 1. The molecule has 0 unspecified atom stereocenters. The van der Waals surface area contributed by atoms with E-state index in [1.165, 1.54) is 0 Å². The number of nitrogens with zero attached hydrogens (tertiary/aromatic N) is 1. The zero-order chi connectivity index (χ0) is 23.6. The second kappa shape index (κ2) is 11.5. The van der Waals surface area contributed by atoms with Crippen molar-refractivity contribution in [3.05, 3.63) is 95.6 Å². The Labute approximate surface area is 194 Å². The first kappa shape index (κ1) is 23.6. The summed E-state index contributed by atoms with van der Waals surface area (Å²) >= 11 is 0. The molecule has 0 aliphatic rings. The summed E-state index contributed by atoms with van der Waals surface area (Å²) in [5, 5.41) is 2.91. The smallest absolute Gasteiger partial charge is 0.338 e. The van der Waals surface area contributed by atoms with Gasteiger partial charge in [0.2, 0.25) is 0 Å². The van der Waals surface area contributed by atoms with Crippen LogP contribution in [0.3, 0.4) is 0 Å². The van der Waals surface area contributed by atoms with Crippen molar-refractivity contribution in [1.29, 1.82) is 0 Å². The van der Waals surface area contributed by atoms with Gasteiger partial charge in [0.1, 0.15) is 5.75 Å². The van der Waals surface area contributed by atoms with Crippen LogP contribution >= 0.6 is 0 Å². The summed E-state index contributed by atoms with van der Waals surface area (Å²) < 4.78 is 10.3. The van der Waals surface area contributed by atoms with E-state index in [0.717, 1.165) is 16.8 Å². The largest absolute Gasteiger partial charge is 0.497 e. The molecule has 3 aromatic carbocycles. The van der Waals surface area contributed by atoms with Gasteiger partial charge in [-0.2, -0.15) is 0 Å². The van der Waals surface area contributed by atoms with E-state index in [2.05, 4.69) is 11.4 Å². The quantitative estimate of drug-likeness (QED) is 0.432. The van der Waals surface area contributed by atoms with E-state index in [0.29, 0.717) is 30.2 Å². The fourth-order valence-electron chi connectivity index (χ4n) is 3.27. The summed E-state index contributed by atoms with van der Waals surface area (Å²) in [6.07, 6.45) is 2.05. The number of carbonyl (C=O) groups is 2.